The maximum absolute atomic E-state index is 12.6. The molecule has 25 heavy (non-hydrogen) atoms. The lowest BCUT2D eigenvalue weighted by molar-refractivity contribution is -0.143. The first-order chi connectivity index (χ1) is 12.1. The van der Waals surface area contributed by atoms with Crippen molar-refractivity contribution < 1.29 is 19.4 Å². The van der Waals surface area contributed by atoms with Crippen molar-refractivity contribution in [2.24, 2.45) is 0 Å². The Morgan fingerprint density at radius 2 is 2.00 bits per heavy atom. The third kappa shape index (κ3) is 4.36. The van der Waals surface area contributed by atoms with Crippen LogP contribution in [0, 0.1) is 0 Å². The Morgan fingerprint density at radius 1 is 1.28 bits per heavy atom. The minimum absolute atomic E-state index is 0.103. The van der Waals surface area contributed by atoms with Gasteiger partial charge in [-0.2, -0.15) is 0 Å². The van der Waals surface area contributed by atoms with E-state index in [0.717, 1.165) is 18.4 Å². The predicted molar refractivity (Wildman–Crippen MR) is 93.8 cm³/mol. The number of ether oxygens (including phenoxy) is 1. The summed E-state index contributed by atoms with van der Waals surface area (Å²) in [6.45, 7) is 0.103. The molecule has 0 radical (unpaired) electrons. The molecule has 1 saturated carbocycles. The first-order valence-corrected chi connectivity index (χ1v) is 8.68. The molecule has 1 amide bonds. The van der Waals surface area contributed by atoms with Crippen molar-refractivity contribution in [3.63, 3.8) is 0 Å². The first-order valence-electron chi connectivity index (χ1n) is 7.88. The van der Waals surface area contributed by atoms with Crippen LogP contribution in [0.2, 0.25) is 0 Å². The lowest BCUT2D eigenvalue weighted by atomic mass is 10.1. The Bertz CT molecular complexity index is 765. The van der Waals surface area contributed by atoms with E-state index in [9.17, 15) is 14.7 Å². The molecule has 2 aromatic rings. The molecule has 3 rings (SSSR count). The summed E-state index contributed by atoms with van der Waals surface area (Å²) >= 11 is 3.29. The number of nitrogens with zero attached hydrogens (tertiary/aromatic N) is 2. The normalized spacial score (nSPS) is 14.6. The number of benzene rings is 1. The highest BCUT2D eigenvalue weighted by molar-refractivity contribution is 9.10. The number of aliphatic carboxylic acids is 1. The minimum Gasteiger partial charge on any atom is -0.479 e. The highest BCUT2D eigenvalue weighted by atomic mass is 79.9. The van der Waals surface area contributed by atoms with Crippen LogP contribution in [0.1, 0.15) is 30.0 Å². The molecule has 6 nitrogen and oxygen atoms in total. The zero-order valence-corrected chi connectivity index (χ0v) is 14.9. The molecular weight excluding hydrogens is 388 g/mol. The summed E-state index contributed by atoms with van der Waals surface area (Å²) in [7, 11) is 0. The number of carbonyl (C=O) groups excluding carboxylic acids is 1. The van der Waals surface area contributed by atoms with Crippen LogP contribution < -0.4 is 0 Å². The van der Waals surface area contributed by atoms with Gasteiger partial charge in [0, 0.05) is 28.5 Å². The Hall–Kier alpha value is -2.41. The molecular formula is C18H17BrN2O4. The number of hydrogen-bond donors (Lipinski definition) is 1. The molecule has 1 fully saturated rings. The van der Waals surface area contributed by atoms with Crippen molar-refractivity contribution in [3.05, 3.63) is 64.4 Å². The van der Waals surface area contributed by atoms with E-state index in [0.29, 0.717) is 10.0 Å². The standard InChI is InChI=1S/C18H17BrN2O4/c19-14-8-13(9-20-10-14)16(17(22)23)21(15-6-7-15)18(24)25-11-12-4-2-1-3-5-12/h1-5,8-10,15-16H,6-7,11H2,(H,22,23). The summed E-state index contributed by atoms with van der Waals surface area (Å²) in [5.41, 5.74) is 1.29. The summed E-state index contributed by atoms with van der Waals surface area (Å²) in [5.74, 6) is -1.11. The highest BCUT2D eigenvalue weighted by Gasteiger charge is 2.42. The van der Waals surface area contributed by atoms with Crippen LogP contribution in [0.4, 0.5) is 4.79 Å². The van der Waals surface area contributed by atoms with Gasteiger partial charge in [0.25, 0.3) is 0 Å². The van der Waals surface area contributed by atoms with Gasteiger partial charge in [0.1, 0.15) is 6.61 Å². The summed E-state index contributed by atoms with van der Waals surface area (Å²) in [5, 5.41) is 9.71. The molecule has 0 spiro atoms. The number of hydrogen-bond acceptors (Lipinski definition) is 4. The van der Waals surface area contributed by atoms with E-state index in [1.54, 1.807) is 12.3 Å². The zero-order chi connectivity index (χ0) is 17.8. The summed E-state index contributed by atoms with van der Waals surface area (Å²) < 4.78 is 6.02. The average Bonchev–Trinajstić information content (AvgIpc) is 3.42. The molecule has 1 unspecified atom stereocenters. The number of carbonyl (C=O) groups is 2. The topological polar surface area (TPSA) is 79.7 Å². The van der Waals surface area contributed by atoms with E-state index in [-0.39, 0.29) is 12.6 Å². The van der Waals surface area contributed by atoms with Gasteiger partial charge in [-0.15, -0.1) is 0 Å². The quantitative estimate of drug-likeness (QED) is 0.792. The maximum Gasteiger partial charge on any atom is 0.411 e. The van der Waals surface area contributed by atoms with Gasteiger partial charge in [0.2, 0.25) is 0 Å². The average molecular weight is 405 g/mol. The number of rotatable bonds is 6. The molecule has 1 aliphatic carbocycles. The molecule has 0 bridgehead atoms. The minimum atomic E-state index is -1.12. The molecule has 1 aromatic carbocycles. The fourth-order valence-corrected chi connectivity index (χ4v) is 2.99. The first kappa shape index (κ1) is 17.4. The molecule has 1 aromatic heterocycles. The van der Waals surface area contributed by atoms with E-state index in [4.69, 9.17) is 4.74 Å². The van der Waals surface area contributed by atoms with E-state index in [2.05, 4.69) is 20.9 Å². The van der Waals surface area contributed by atoms with Crippen molar-refractivity contribution in [2.75, 3.05) is 0 Å². The molecule has 130 valence electrons. The van der Waals surface area contributed by atoms with Crippen LogP contribution in [0.15, 0.2) is 53.3 Å². The fraction of sp³-hybridized carbons (Fsp3) is 0.278. The SMILES string of the molecule is O=C(O)C(c1cncc(Br)c1)N(C(=O)OCc1ccccc1)C1CC1. The highest BCUT2D eigenvalue weighted by Crippen LogP contribution is 2.35. The van der Waals surface area contributed by atoms with Crippen LogP contribution in [0.3, 0.4) is 0 Å². The maximum atomic E-state index is 12.6. The van der Waals surface area contributed by atoms with E-state index in [1.165, 1.54) is 11.1 Å². The van der Waals surface area contributed by atoms with E-state index >= 15 is 0 Å². The number of aromatic nitrogens is 1. The second-order valence-corrected chi connectivity index (χ2v) is 6.77. The predicted octanol–water partition coefficient (Wildman–Crippen LogP) is 3.77. The molecule has 0 aliphatic heterocycles. The van der Waals surface area contributed by atoms with Gasteiger partial charge in [-0.25, -0.2) is 9.59 Å². The fourth-order valence-electron chi connectivity index (χ4n) is 2.61. The smallest absolute Gasteiger partial charge is 0.411 e. The van der Waals surface area contributed by atoms with Gasteiger partial charge < -0.3 is 9.84 Å². The molecule has 7 heteroatoms. The third-order valence-electron chi connectivity index (χ3n) is 3.91. The summed E-state index contributed by atoms with van der Waals surface area (Å²) in [6.07, 6.45) is 3.94. The molecule has 1 atom stereocenters. The largest absolute Gasteiger partial charge is 0.479 e. The number of amides is 1. The summed E-state index contributed by atoms with van der Waals surface area (Å²) in [4.78, 5) is 29.8. The zero-order valence-electron chi connectivity index (χ0n) is 13.3. The second-order valence-electron chi connectivity index (χ2n) is 5.86. The van der Waals surface area contributed by atoms with Crippen molar-refractivity contribution in [1.29, 1.82) is 0 Å². The number of carboxylic acid groups (broad SMARTS) is 1. The monoisotopic (exact) mass is 404 g/mol. The van der Waals surface area contributed by atoms with Gasteiger partial charge in [-0.05, 0) is 40.4 Å². The van der Waals surface area contributed by atoms with Crippen molar-refractivity contribution >= 4 is 28.0 Å². The van der Waals surface area contributed by atoms with Gasteiger partial charge >= 0.3 is 12.1 Å². The van der Waals surface area contributed by atoms with Crippen LogP contribution in [0.25, 0.3) is 0 Å². The number of pyridine rings is 1. The van der Waals surface area contributed by atoms with Crippen LogP contribution >= 0.6 is 15.9 Å². The van der Waals surface area contributed by atoms with Crippen molar-refractivity contribution in [2.45, 2.75) is 31.5 Å². The molecule has 1 heterocycles. The Balaban J connectivity index is 1.80. The van der Waals surface area contributed by atoms with Crippen molar-refractivity contribution in [3.8, 4) is 0 Å². The Labute approximate surface area is 153 Å². The lowest BCUT2D eigenvalue weighted by Crippen LogP contribution is -2.41. The molecule has 1 N–H and O–H groups in total. The van der Waals surface area contributed by atoms with Gasteiger partial charge in [-0.1, -0.05) is 30.3 Å². The number of carboxylic acids is 1. The van der Waals surface area contributed by atoms with Gasteiger partial charge in [0.05, 0.1) is 0 Å². The molecule has 0 saturated heterocycles. The van der Waals surface area contributed by atoms with Crippen LogP contribution in [-0.2, 0) is 16.1 Å². The Kier molecular flexibility index (Phi) is 5.33. The lowest BCUT2D eigenvalue weighted by Gasteiger charge is -2.28. The third-order valence-corrected chi connectivity index (χ3v) is 4.34. The second kappa shape index (κ2) is 7.65. The van der Waals surface area contributed by atoms with E-state index < -0.39 is 18.1 Å². The molecule has 1 aliphatic rings. The van der Waals surface area contributed by atoms with E-state index in [1.807, 2.05) is 30.3 Å². The van der Waals surface area contributed by atoms with Crippen LogP contribution in [-0.4, -0.2) is 33.1 Å². The summed E-state index contributed by atoms with van der Waals surface area (Å²) in [6, 6.07) is 9.70. The van der Waals surface area contributed by atoms with Crippen LogP contribution in [0.5, 0.6) is 0 Å². The van der Waals surface area contributed by atoms with Gasteiger partial charge in [-0.3, -0.25) is 9.88 Å². The number of halogens is 1. The van der Waals surface area contributed by atoms with Gasteiger partial charge in [0.15, 0.2) is 6.04 Å². The van der Waals surface area contributed by atoms with Crippen molar-refractivity contribution in [1.82, 2.24) is 9.88 Å². The Morgan fingerprint density at radius 3 is 2.60 bits per heavy atom.